The molecule has 0 heterocycles. The second kappa shape index (κ2) is 13.6. The molecule has 190 valence electrons. The van der Waals surface area contributed by atoms with Gasteiger partial charge in [-0.15, -0.1) is 0 Å². The van der Waals surface area contributed by atoms with E-state index < -0.39 is 48.0 Å². The van der Waals surface area contributed by atoms with Gasteiger partial charge in [0.25, 0.3) is 0 Å². The average molecular weight is 543 g/mol. The van der Waals surface area contributed by atoms with Crippen LogP contribution in [0.5, 0.6) is 0 Å². The topological polar surface area (TPSA) is 108 Å². The molecule has 0 aliphatic rings. The average Bonchev–Trinajstić information content (AvgIpc) is 2.48. The second-order valence-electron chi connectivity index (χ2n) is 11.3. The molecule has 0 aromatic heterocycles. The zero-order valence-corrected chi connectivity index (χ0v) is 27.2. The number of hydrogen-bond acceptors (Lipinski definition) is 7. The van der Waals surface area contributed by atoms with Crippen LogP contribution >= 0.6 is 0 Å². The molecule has 0 radical (unpaired) electrons. The van der Waals surface area contributed by atoms with E-state index in [-0.39, 0.29) is 12.1 Å². The van der Waals surface area contributed by atoms with Crippen LogP contribution in [0.2, 0.25) is 78.1 Å². The molecule has 1 N–H and O–H groups in total. The van der Waals surface area contributed by atoms with Crippen molar-refractivity contribution in [2.45, 2.75) is 97.8 Å². The fourth-order valence-electron chi connectivity index (χ4n) is 3.47. The van der Waals surface area contributed by atoms with Crippen molar-refractivity contribution in [1.82, 2.24) is 0 Å². The van der Waals surface area contributed by atoms with Crippen LogP contribution in [0.4, 0.5) is 0 Å². The molecule has 0 fully saturated rings. The van der Waals surface area contributed by atoms with Crippen molar-refractivity contribution in [3.05, 3.63) is 0 Å². The molecule has 2 atom stereocenters. The fourth-order valence-corrected chi connectivity index (χ4v) is 25.2. The number of hydrogen-bond donors (Lipinski definition) is 1. The number of carboxylic acid groups (broad SMARTS) is 1. The minimum Gasteiger partial charge on any atom is -0.481 e. The Morgan fingerprint density at radius 1 is 0.844 bits per heavy atom. The first-order chi connectivity index (χ1) is 14.1. The van der Waals surface area contributed by atoms with Gasteiger partial charge in [-0.25, -0.2) is 0 Å². The van der Waals surface area contributed by atoms with Gasteiger partial charge < -0.3 is 21.9 Å². The smallest absolute Gasteiger partial charge is 0.373 e. The van der Waals surface area contributed by atoms with E-state index in [1.807, 2.05) is 0 Å². The lowest BCUT2D eigenvalue weighted by atomic mass is 10.1. The maximum Gasteiger partial charge on any atom is 0.373 e. The summed E-state index contributed by atoms with van der Waals surface area (Å²) in [5, 5.41) is 9.18. The highest BCUT2D eigenvalue weighted by Gasteiger charge is 2.43. The van der Waals surface area contributed by atoms with Gasteiger partial charge in [0.2, 0.25) is 0 Å². The van der Waals surface area contributed by atoms with Crippen molar-refractivity contribution >= 4 is 54.2 Å². The SMILES string of the molecule is CC(CCC[Si](C)(OC[Si](C)(C)O[Si](C)(C)C)O[Si](C)(C)O[Si](C)(C)C)C(=O)O.O=C=O. The number of aliphatic carboxylic acids is 1. The summed E-state index contributed by atoms with van der Waals surface area (Å²) >= 11 is 0. The van der Waals surface area contributed by atoms with Crippen LogP contribution in [0.1, 0.15) is 19.8 Å². The van der Waals surface area contributed by atoms with Crippen LogP contribution in [0, 0.1) is 5.92 Å². The predicted molar refractivity (Wildman–Crippen MR) is 138 cm³/mol. The van der Waals surface area contributed by atoms with Gasteiger partial charge in [0.15, 0.2) is 25.0 Å². The van der Waals surface area contributed by atoms with Gasteiger partial charge >= 0.3 is 29.2 Å². The van der Waals surface area contributed by atoms with Gasteiger partial charge in [-0.1, -0.05) is 13.3 Å². The van der Waals surface area contributed by atoms with Crippen molar-refractivity contribution in [2.24, 2.45) is 5.92 Å². The van der Waals surface area contributed by atoms with Gasteiger partial charge in [-0.3, -0.25) is 4.79 Å². The van der Waals surface area contributed by atoms with Gasteiger partial charge in [0.05, 0.1) is 12.1 Å². The molecule has 0 saturated carbocycles. The Morgan fingerprint density at radius 3 is 1.66 bits per heavy atom. The van der Waals surface area contributed by atoms with Crippen molar-refractivity contribution in [3.8, 4) is 0 Å². The highest BCUT2D eigenvalue weighted by Crippen LogP contribution is 2.27. The van der Waals surface area contributed by atoms with Crippen molar-refractivity contribution in [3.63, 3.8) is 0 Å². The van der Waals surface area contributed by atoms with Crippen LogP contribution < -0.4 is 0 Å². The highest BCUT2D eigenvalue weighted by molar-refractivity contribution is 6.87. The van der Waals surface area contributed by atoms with Gasteiger partial charge in [-0.05, 0) is 84.5 Å². The lowest BCUT2D eigenvalue weighted by molar-refractivity contribution is -0.191. The quantitative estimate of drug-likeness (QED) is 0.300. The monoisotopic (exact) mass is 542 g/mol. The molecule has 0 aliphatic heterocycles. The van der Waals surface area contributed by atoms with Crippen molar-refractivity contribution in [2.75, 3.05) is 6.23 Å². The molecule has 13 heteroatoms. The standard InChI is InChI=1S/C18H46O6Si5.CO2/c1-17(18(19)20)14-13-15-29(12,24-28(10,11)23-26(5,6)7)21-16-27(8,9)22-25(2,3)4;2-1-3/h17H,13-16H2,1-12H3,(H,19,20);. The molecule has 0 bridgehead atoms. The molecule has 0 aliphatic carbocycles. The Bertz CT molecular complexity index is 610. The van der Waals surface area contributed by atoms with Crippen LogP contribution in [-0.4, -0.2) is 65.5 Å². The van der Waals surface area contributed by atoms with E-state index >= 15 is 0 Å². The largest absolute Gasteiger partial charge is 0.481 e. The van der Waals surface area contributed by atoms with E-state index in [0.29, 0.717) is 12.7 Å². The number of carboxylic acids is 1. The third-order valence-corrected chi connectivity index (χ3v) is 19.9. The maximum atomic E-state index is 11.2. The predicted octanol–water partition coefficient (Wildman–Crippen LogP) is 5.16. The highest BCUT2D eigenvalue weighted by atomic mass is 28.5. The Kier molecular flexibility index (Phi) is 14.4. The second-order valence-corrected chi connectivity index (χ2v) is 31.9. The van der Waals surface area contributed by atoms with E-state index in [9.17, 15) is 9.90 Å². The first kappa shape index (κ1) is 33.9. The zero-order chi connectivity index (χ0) is 26.0. The molecule has 0 saturated heterocycles. The summed E-state index contributed by atoms with van der Waals surface area (Å²) in [4.78, 5) is 27.4. The molecular formula is C19H46O8Si5. The summed E-state index contributed by atoms with van der Waals surface area (Å²) < 4.78 is 26.0. The summed E-state index contributed by atoms with van der Waals surface area (Å²) in [6, 6.07) is 0.771. The Balaban J connectivity index is 0. The lowest BCUT2D eigenvalue weighted by Gasteiger charge is -2.40. The van der Waals surface area contributed by atoms with Crippen molar-refractivity contribution < 1.29 is 36.3 Å². The van der Waals surface area contributed by atoms with Gasteiger partial charge in [0, 0.05) is 0 Å². The van der Waals surface area contributed by atoms with E-state index in [2.05, 4.69) is 72.0 Å². The summed E-state index contributed by atoms with van der Waals surface area (Å²) in [5.74, 6) is -1.10. The summed E-state index contributed by atoms with van der Waals surface area (Å²) in [6.07, 6.45) is 2.27. The summed E-state index contributed by atoms with van der Waals surface area (Å²) in [6.45, 7) is 25.6. The van der Waals surface area contributed by atoms with Gasteiger partial charge in [-0.2, -0.15) is 9.59 Å². The van der Waals surface area contributed by atoms with E-state index in [4.69, 9.17) is 26.4 Å². The maximum absolute atomic E-state index is 11.2. The molecule has 2 unspecified atom stereocenters. The van der Waals surface area contributed by atoms with E-state index in [1.165, 1.54) is 0 Å². The molecule has 0 rings (SSSR count). The Hall–Kier alpha value is -0.226. The van der Waals surface area contributed by atoms with E-state index in [0.717, 1.165) is 12.5 Å². The van der Waals surface area contributed by atoms with E-state index in [1.54, 1.807) is 6.92 Å². The van der Waals surface area contributed by atoms with Crippen LogP contribution in [0.3, 0.4) is 0 Å². The Labute approximate surface area is 200 Å². The first-order valence-electron chi connectivity index (χ1n) is 11.0. The number of rotatable bonds is 14. The molecule has 0 amide bonds. The fraction of sp³-hybridized carbons (Fsp3) is 0.895. The molecule has 32 heavy (non-hydrogen) atoms. The first-order valence-corrected chi connectivity index (χ1v) is 26.3. The zero-order valence-electron chi connectivity index (χ0n) is 22.2. The summed E-state index contributed by atoms with van der Waals surface area (Å²) in [7, 11) is -10.2. The molecule has 8 nitrogen and oxygen atoms in total. The summed E-state index contributed by atoms with van der Waals surface area (Å²) in [5.41, 5.74) is 0. The number of carbonyl (C=O) groups excluding carboxylic acids is 2. The van der Waals surface area contributed by atoms with Crippen LogP contribution in [0.25, 0.3) is 0 Å². The minimum absolute atomic E-state index is 0.250. The molecule has 0 aromatic carbocycles. The number of carbonyl (C=O) groups is 1. The third kappa shape index (κ3) is 19.3. The van der Waals surface area contributed by atoms with Crippen molar-refractivity contribution in [1.29, 1.82) is 0 Å². The van der Waals surface area contributed by atoms with Gasteiger partial charge in [0.1, 0.15) is 0 Å². The minimum atomic E-state index is -2.54. The molecular weight excluding hydrogens is 497 g/mol. The third-order valence-electron chi connectivity index (χ3n) is 4.01. The van der Waals surface area contributed by atoms with Crippen LogP contribution in [-0.2, 0) is 31.2 Å². The Morgan fingerprint density at radius 2 is 1.28 bits per heavy atom. The molecule has 0 aromatic rings. The molecule has 0 spiro atoms. The lowest BCUT2D eigenvalue weighted by Crippen LogP contribution is -2.56. The van der Waals surface area contributed by atoms with Crippen LogP contribution in [0.15, 0.2) is 0 Å². The normalized spacial score (nSPS) is 15.8.